The highest BCUT2D eigenvalue weighted by Crippen LogP contribution is 2.30. The molecule has 0 saturated heterocycles. The number of nitrogens with zero attached hydrogens (tertiary/aromatic N) is 2. The fourth-order valence-corrected chi connectivity index (χ4v) is 2.90. The van der Waals surface area contributed by atoms with Crippen LogP contribution >= 0.6 is 0 Å². The Labute approximate surface area is 146 Å². The minimum Gasteiger partial charge on any atom is -0.493 e. The van der Waals surface area contributed by atoms with Gasteiger partial charge in [-0.05, 0) is 12.0 Å². The van der Waals surface area contributed by atoms with Gasteiger partial charge in [-0.3, -0.25) is 0 Å². The number of halogens is 2. The van der Waals surface area contributed by atoms with Crippen molar-refractivity contribution in [2.45, 2.75) is 32.7 Å². The lowest BCUT2D eigenvalue weighted by Gasteiger charge is -2.30. The predicted molar refractivity (Wildman–Crippen MR) is 92.3 cm³/mol. The Morgan fingerprint density at radius 3 is 2.84 bits per heavy atom. The first-order valence-corrected chi connectivity index (χ1v) is 8.52. The van der Waals surface area contributed by atoms with Crippen molar-refractivity contribution < 1.29 is 18.3 Å². The van der Waals surface area contributed by atoms with E-state index in [1.54, 1.807) is 0 Å². The highest BCUT2D eigenvalue weighted by molar-refractivity contribution is 5.53. The quantitative estimate of drug-likeness (QED) is 0.736. The third-order valence-electron chi connectivity index (χ3n) is 4.34. The number of hydrogen-bond donors (Lipinski definition) is 0. The summed E-state index contributed by atoms with van der Waals surface area (Å²) in [6, 6.07) is 6.59. The Bertz CT molecular complexity index is 752. The molecule has 2 aromatic rings. The number of rotatable bonds is 6. The highest BCUT2D eigenvalue weighted by Gasteiger charge is 2.21. The fourth-order valence-electron chi connectivity index (χ4n) is 2.90. The van der Waals surface area contributed by atoms with E-state index in [-0.39, 0.29) is 5.75 Å². The molecular weight excluding hydrogens is 326 g/mol. The third kappa shape index (κ3) is 3.83. The van der Waals surface area contributed by atoms with Crippen LogP contribution in [0.5, 0.6) is 11.6 Å². The zero-order chi connectivity index (χ0) is 17.8. The van der Waals surface area contributed by atoms with Gasteiger partial charge in [-0.1, -0.05) is 19.4 Å². The summed E-state index contributed by atoms with van der Waals surface area (Å²) in [6.45, 7) is 4.05. The first-order chi connectivity index (χ1) is 12.1. The molecule has 0 radical (unpaired) electrons. The van der Waals surface area contributed by atoms with Crippen LogP contribution in [-0.2, 0) is 13.0 Å². The molecule has 0 aliphatic carbocycles. The van der Waals surface area contributed by atoms with Gasteiger partial charge in [0.1, 0.15) is 0 Å². The average Bonchev–Trinajstić information content (AvgIpc) is 2.63. The van der Waals surface area contributed by atoms with Gasteiger partial charge in [0.2, 0.25) is 11.7 Å². The van der Waals surface area contributed by atoms with Crippen LogP contribution in [0, 0.1) is 11.6 Å². The molecule has 2 heterocycles. The Kier molecular flexibility index (Phi) is 5.36. The van der Waals surface area contributed by atoms with Gasteiger partial charge in [0.05, 0.1) is 19.4 Å². The SMILES string of the molecule is CCCCOc1ccc2c(n1)CCN(c1cc(F)c(F)c(OC)c1)C2. The van der Waals surface area contributed by atoms with E-state index in [1.165, 1.54) is 19.2 Å². The largest absolute Gasteiger partial charge is 0.493 e. The minimum atomic E-state index is -0.959. The summed E-state index contributed by atoms with van der Waals surface area (Å²) in [5.74, 6) is -1.30. The molecule has 0 bridgehead atoms. The van der Waals surface area contributed by atoms with Crippen molar-refractivity contribution in [3.05, 3.63) is 47.2 Å². The van der Waals surface area contributed by atoms with E-state index in [9.17, 15) is 8.78 Å². The van der Waals surface area contributed by atoms with Crippen LogP contribution in [0.25, 0.3) is 0 Å². The van der Waals surface area contributed by atoms with Crippen molar-refractivity contribution in [3.8, 4) is 11.6 Å². The van der Waals surface area contributed by atoms with Gasteiger partial charge in [0, 0.05) is 43.4 Å². The van der Waals surface area contributed by atoms with Gasteiger partial charge in [0.15, 0.2) is 11.6 Å². The van der Waals surface area contributed by atoms with Crippen LogP contribution in [0.4, 0.5) is 14.5 Å². The van der Waals surface area contributed by atoms with E-state index >= 15 is 0 Å². The molecule has 134 valence electrons. The Hall–Kier alpha value is -2.37. The molecule has 0 unspecified atom stereocenters. The average molecular weight is 348 g/mol. The second-order valence-electron chi connectivity index (χ2n) is 6.07. The molecule has 1 aliphatic rings. The van der Waals surface area contributed by atoms with E-state index in [4.69, 9.17) is 9.47 Å². The van der Waals surface area contributed by atoms with E-state index in [0.29, 0.717) is 31.3 Å². The number of hydrogen-bond acceptors (Lipinski definition) is 4. The van der Waals surface area contributed by atoms with Gasteiger partial charge in [-0.15, -0.1) is 0 Å². The molecule has 25 heavy (non-hydrogen) atoms. The smallest absolute Gasteiger partial charge is 0.213 e. The topological polar surface area (TPSA) is 34.6 Å². The second-order valence-corrected chi connectivity index (χ2v) is 6.07. The summed E-state index contributed by atoms with van der Waals surface area (Å²) in [4.78, 5) is 6.56. The molecule has 0 spiro atoms. The van der Waals surface area contributed by atoms with E-state index in [0.717, 1.165) is 30.5 Å². The monoisotopic (exact) mass is 348 g/mol. The first kappa shape index (κ1) is 17.5. The second kappa shape index (κ2) is 7.68. The predicted octanol–water partition coefficient (Wildman–Crippen LogP) is 4.11. The lowest BCUT2D eigenvalue weighted by molar-refractivity contribution is 0.296. The summed E-state index contributed by atoms with van der Waals surface area (Å²) >= 11 is 0. The van der Waals surface area contributed by atoms with Gasteiger partial charge in [-0.25, -0.2) is 9.37 Å². The van der Waals surface area contributed by atoms with Crippen LogP contribution in [0.2, 0.25) is 0 Å². The van der Waals surface area contributed by atoms with Crippen molar-refractivity contribution in [2.75, 3.05) is 25.2 Å². The van der Waals surface area contributed by atoms with Crippen LogP contribution < -0.4 is 14.4 Å². The van der Waals surface area contributed by atoms with Crippen LogP contribution in [0.3, 0.4) is 0 Å². The Morgan fingerprint density at radius 2 is 2.08 bits per heavy atom. The molecule has 0 fully saturated rings. The van der Waals surface area contributed by atoms with Gasteiger partial charge < -0.3 is 14.4 Å². The summed E-state index contributed by atoms with van der Waals surface area (Å²) in [5.41, 5.74) is 2.67. The molecule has 6 heteroatoms. The lowest BCUT2D eigenvalue weighted by atomic mass is 10.0. The number of unbranched alkanes of at least 4 members (excludes halogenated alkanes) is 1. The molecule has 1 aliphatic heterocycles. The normalized spacial score (nSPS) is 13.5. The Balaban J connectivity index is 1.76. The number of ether oxygens (including phenoxy) is 2. The highest BCUT2D eigenvalue weighted by atomic mass is 19.2. The minimum absolute atomic E-state index is 0.0846. The molecule has 0 atom stereocenters. The van der Waals surface area contributed by atoms with Crippen molar-refractivity contribution in [1.29, 1.82) is 0 Å². The van der Waals surface area contributed by atoms with Crippen LogP contribution in [0.15, 0.2) is 24.3 Å². The molecule has 3 rings (SSSR count). The molecule has 1 aromatic carbocycles. The molecule has 0 amide bonds. The number of pyridine rings is 1. The van der Waals surface area contributed by atoms with Gasteiger partial charge in [-0.2, -0.15) is 4.39 Å². The summed E-state index contributed by atoms with van der Waals surface area (Å²) in [7, 11) is 1.33. The van der Waals surface area contributed by atoms with E-state index in [2.05, 4.69) is 11.9 Å². The van der Waals surface area contributed by atoms with Crippen LogP contribution in [0.1, 0.15) is 31.0 Å². The van der Waals surface area contributed by atoms with Crippen molar-refractivity contribution in [1.82, 2.24) is 4.98 Å². The number of aromatic nitrogens is 1. The summed E-state index contributed by atoms with van der Waals surface area (Å²) < 4.78 is 38.0. The van der Waals surface area contributed by atoms with E-state index in [1.807, 2.05) is 17.0 Å². The first-order valence-electron chi connectivity index (χ1n) is 8.52. The van der Waals surface area contributed by atoms with Gasteiger partial charge in [0.25, 0.3) is 0 Å². The summed E-state index contributed by atoms with van der Waals surface area (Å²) in [5, 5.41) is 0. The van der Waals surface area contributed by atoms with Crippen LogP contribution in [-0.4, -0.2) is 25.2 Å². The maximum atomic E-state index is 13.8. The maximum absolute atomic E-state index is 13.8. The zero-order valence-corrected chi connectivity index (χ0v) is 14.5. The fraction of sp³-hybridized carbons (Fsp3) is 0.421. The molecule has 0 saturated carbocycles. The van der Waals surface area contributed by atoms with Crippen molar-refractivity contribution >= 4 is 5.69 Å². The number of fused-ring (bicyclic) bond motifs is 1. The zero-order valence-electron chi connectivity index (χ0n) is 14.5. The Morgan fingerprint density at radius 1 is 1.24 bits per heavy atom. The molecular formula is C19H22F2N2O2. The summed E-state index contributed by atoms with van der Waals surface area (Å²) in [6.07, 6.45) is 2.81. The lowest BCUT2D eigenvalue weighted by Crippen LogP contribution is -2.31. The van der Waals surface area contributed by atoms with E-state index < -0.39 is 11.6 Å². The molecule has 4 nitrogen and oxygen atoms in total. The molecule has 1 aromatic heterocycles. The van der Waals surface area contributed by atoms with Crippen molar-refractivity contribution in [2.24, 2.45) is 0 Å². The number of methoxy groups -OCH3 is 1. The van der Waals surface area contributed by atoms with Crippen molar-refractivity contribution in [3.63, 3.8) is 0 Å². The molecule has 0 N–H and O–H groups in total. The van der Waals surface area contributed by atoms with Gasteiger partial charge >= 0.3 is 0 Å². The maximum Gasteiger partial charge on any atom is 0.213 e. The third-order valence-corrected chi connectivity index (χ3v) is 4.34. The number of benzene rings is 1. The number of anilines is 1. The standard InChI is InChI=1S/C19H22F2N2O2/c1-3-4-9-25-18-6-5-13-12-23(8-7-16(13)22-18)14-10-15(20)19(21)17(11-14)24-2/h5-6,10-11H,3-4,7-9,12H2,1-2H3.